The van der Waals surface area contributed by atoms with Gasteiger partial charge in [-0.1, -0.05) is 103 Å². The van der Waals surface area contributed by atoms with Crippen LogP contribution in [0.5, 0.6) is 0 Å². The summed E-state index contributed by atoms with van der Waals surface area (Å²) < 4.78 is 17.6. The van der Waals surface area contributed by atoms with Gasteiger partial charge in [-0.25, -0.2) is 0 Å². The largest absolute Gasteiger partial charge is 1.00 e. The van der Waals surface area contributed by atoms with Gasteiger partial charge in [-0.2, -0.15) is 0 Å². The quantitative estimate of drug-likeness (QED) is 0.110. The number of hydrogen-bond donors (Lipinski definition) is 1. The molecule has 0 amide bonds. The number of hydrogen-bond acceptors (Lipinski definition) is 4. The predicted octanol–water partition coefficient (Wildman–Crippen LogP) is 3.72. The first-order valence-corrected chi connectivity index (χ1v) is 14.1. The van der Waals surface area contributed by atoms with Crippen LogP contribution in [0.1, 0.15) is 117 Å². The lowest BCUT2D eigenvalue weighted by atomic mass is 10.0. The molecule has 0 spiro atoms. The number of unbranched alkanes of at least 4 members (excludes halogenated alkanes) is 15. The van der Waals surface area contributed by atoms with Crippen molar-refractivity contribution >= 4 is 0 Å². The number of ether oxygens (including phenoxy) is 3. The molecule has 1 N–H and O–H groups in total. The molecule has 1 unspecified atom stereocenters. The van der Waals surface area contributed by atoms with Crippen LogP contribution in [0.3, 0.4) is 0 Å². The number of halogens is 1. The van der Waals surface area contributed by atoms with E-state index in [4.69, 9.17) is 14.2 Å². The highest BCUT2D eigenvalue weighted by molar-refractivity contribution is 4.58. The minimum atomic E-state index is -1.24. The highest BCUT2D eigenvalue weighted by Crippen LogP contribution is 2.14. The van der Waals surface area contributed by atoms with E-state index < -0.39 is 5.79 Å². The highest BCUT2D eigenvalue weighted by atomic mass is 35.5. The molecular formula is C28H60ClNO4. The van der Waals surface area contributed by atoms with Crippen LogP contribution in [0.2, 0.25) is 0 Å². The second-order valence-corrected chi connectivity index (χ2v) is 11.0. The lowest BCUT2D eigenvalue weighted by Crippen LogP contribution is -3.00. The van der Waals surface area contributed by atoms with Gasteiger partial charge in [-0.3, -0.25) is 0 Å². The van der Waals surface area contributed by atoms with Crippen molar-refractivity contribution in [3.63, 3.8) is 0 Å². The minimum absolute atomic E-state index is 0. The zero-order valence-electron chi connectivity index (χ0n) is 23.6. The van der Waals surface area contributed by atoms with Gasteiger partial charge >= 0.3 is 0 Å². The number of nitrogens with zero attached hydrogens (tertiary/aromatic N) is 1. The lowest BCUT2D eigenvalue weighted by molar-refractivity contribution is -0.870. The number of likely N-dealkylation sites (N-methyl/N-ethyl adjacent to an activating group) is 1. The maximum absolute atomic E-state index is 10.2. The Hall–Kier alpha value is 0.0900. The zero-order chi connectivity index (χ0) is 24.7. The second-order valence-electron chi connectivity index (χ2n) is 11.0. The lowest BCUT2D eigenvalue weighted by Gasteiger charge is -2.25. The fourth-order valence-electron chi connectivity index (χ4n) is 3.82. The first-order valence-electron chi connectivity index (χ1n) is 14.1. The third-order valence-corrected chi connectivity index (χ3v) is 6.06. The van der Waals surface area contributed by atoms with E-state index in [2.05, 4.69) is 28.1 Å². The van der Waals surface area contributed by atoms with Crippen molar-refractivity contribution in [2.75, 3.05) is 60.7 Å². The van der Waals surface area contributed by atoms with Crippen LogP contribution in [0.15, 0.2) is 0 Å². The highest BCUT2D eigenvalue weighted by Gasteiger charge is 2.21. The topological polar surface area (TPSA) is 47.9 Å². The van der Waals surface area contributed by atoms with Gasteiger partial charge in [0.25, 0.3) is 0 Å². The fraction of sp³-hybridized carbons (Fsp3) is 1.00. The van der Waals surface area contributed by atoms with Gasteiger partial charge < -0.3 is 36.2 Å². The van der Waals surface area contributed by atoms with Crippen molar-refractivity contribution in [3.8, 4) is 0 Å². The summed E-state index contributed by atoms with van der Waals surface area (Å²) in [7, 11) is 6.42. The summed E-state index contributed by atoms with van der Waals surface area (Å²) in [6, 6.07) is 0. The zero-order valence-corrected chi connectivity index (χ0v) is 24.3. The molecular weight excluding hydrogens is 450 g/mol. The smallest absolute Gasteiger partial charge is 0.186 e. The molecule has 0 aliphatic rings. The van der Waals surface area contributed by atoms with E-state index >= 15 is 0 Å². The maximum atomic E-state index is 10.2. The summed E-state index contributed by atoms with van der Waals surface area (Å²) in [5, 5.41) is 10.2. The van der Waals surface area contributed by atoms with Crippen molar-refractivity contribution in [1.29, 1.82) is 0 Å². The SMILES string of the molecule is CCCCCCCCCCCCCCCCCCOCC(C)(O)OCCOCC[N+](C)(C)C.[Cl-]. The molecule has 0 aromatic rings. The van der Waals surface area contributed by atoms with Crippen molar-refractivity contribution in [2.24, 2.45) is 0 Å². The van der Waals surface area contributed by atoms with Gasteiger partial charge in [-0.05, 0) is 13.3 Å². The molecule has 0 aliphatic carbocycles. The normalized spacial score (nSPS) is 13.6. The molecule has 0 radical (unpaired) electrons. The van der Waals surface area contributed by atoms with Crippen LogP contribution in [-0.4, -0.2) is 76.1 Å². The summed E-state index contributed by atoms with van der Waals surface area (Å²) in [5.41, 5.74) is 0. The summed E-state index contributed by atoms with van der Waals surface area (Å²) >= 11 is 0. The van der Waals surface area contributed by atoms with Crippen molar-refractivity contribution in [2.45, 2.75) is 122 Å². The summed E-state index contributed by atoms with van der Waals surface area (Å²) in [5.74, 6) is -1.24. The van der Waals surface area contributed by atoms with Crippen molar-refractivity contribution in [1.82, 2.24) is 0 Å². The molecule has 0 aromatic carbocycles. The molecule has 5 nitrogen and oxygen atoms in total. The molecule has 0 saturated heterocycles. The number of rotatable bonds is 26. The average molecular weight is 510 g/mol. The molecule has 0 fully saturated rings. The van der Waals surface area contributed by atoms with Crippen LogP contribution in [-0.2, 0) is 14.2 Å². The van der Waals surface area contributed by atoms with Crippen LogP contribution >= 0.6 is 0 Å². The molecule has 0 aromatic heterocycles. The Balaban J connectivity index is 0. The Labute approximate surface area is 219 Å². The van der Waals surface area contributed by atoms with Gasteiger partial charge in [0, 0.05) is 6.61 Å². The monoisotopic (exact) mass is 509 g/mol. The second kappa shape index (κ2) is 24.8. The van der Waals surface area contributed by atoms with Gasteiger partial charge in [0.1, 0.15) is 13.2 Å². The summed E-state index contributed by atoms with van der Waals surface area (Å²) in [4.78, 5) is 0. The van der Waals surface area contributed by atoms with Crippen molar-refractivity contribution < 1.29 is 36.2 Å². The van der Waals surface area contributed by atoms with E-state index in [0.717, 1.165) is 17.4 Å². The van der Waals surface area contributed by atoms with Gasteiger partial charge in [0.05, 0.1) is 41.0 Å². The minimum Gasteiger partial charge on any atom is -1.00 e. The molecule has 0 heterocycles. The first kappa shape index (κ1) is 36.2. The molecule has 34 heavy (non-hydrogen) atoms. The Kier molecular flexibility index (Phi) is 26.4. The molecule has 0 bridgehead atoms. The maximum Gasteiger partial charge on any atom is 0.186 e. The first-order chi connectivity index (χ1) is 15.8. The Morgan fingerprint density at radius 2 is 1.03 bits per heavy atom. The molecule has 208 valence electrons. The van der Waals surface area contributed by atoms with Crippen molar-refractivity contribution in [3.05, 3.63) is 0 Å². The molecule has 6 heteroatoms. The van der Waals surface area contributed by atoms with E-state index in [1.165, 1.54) is 96.3 Å². The molecule has 0 rings (SSSR count). The average Bonchev–Trinajstić information content (AvgIpc) is 2.74. The number of quaternary nitrogens is 1. The molecule has 0 saturated carbocycles. The van der Waals surface area contributed by atoms with Crippen LogP contribution < -0.4 is 12.4 Å². The third kappa shape index (κ3) is 30.1. The van der Waals surface area contributed by atoms with Gasteiger partial charge in [-0.15, -0.1) is 0 Å². The van der Waals surface area contributed by atoms with Gasteiger partial charge in [0.15, 0.2) is 5.79 Å². The standard InChI is InChI=1S/C28H60NO4.ClH/c1-6-7-8-9-10-11-12-13-14-15-16-17-18-19-20-21-23-32-27-28(2,30)33-26-25-31-24-22-29(3,4)5;/h30H,6-27H2,1-5H3;1H/q+1;/p-1. The fourth-order valence-corrected chi connectivity index (χ4v) is 3.82. The van der Waals surface area contributed by atoms with Crippen LogP contribution in [0.25, 0.3) is 0 Å². The van der Waals surface area contributed by atoms with E-state index in [1.54, 1.807) is 6.92 Å². The van der Waals surface area contributed by atoms with E-state index in [9.17, 15) is 5.11 Å². The Bertz CT molecular complexity index is 402. The summed E-state index contributed by atoms with van der Waals surface area (Å²) in [6.45, 7) is 7.38. The number of aliphatic hydroxyl groups is 1. The van der Waals surface area contributed by atoms with Crippen LogP contribution in [0.4, 0.5) is 0 Å². The van der Waals surface area contributed by atoms with E-state index in [0.29, 0.717) is 26.4 Å². The predicted molar refractivity (Wildman–Crippen MR) is 141 cm³/mol. The molecule has 1 atom stereocenters. The van der Waals surface area contributed by atoms with E-state index in [1.807, 2.05) is 0 Å². The third-order valence-electron chi connectivity index (χ3n) is 6.06. The van der Waals surface area contributed by atoms with Gasteiger partial charge in [0.2, 0.25) is 0 Å². The Morgan fingerprint density at radius 3 is 1.47 bits per heavy atom. The van der Waals surface area contributed by atoms with E-state index in [-0.39, 0.29) is 19.0 Å². The van der Waals surface area contributed by atoms with Crippen LogP contribution in [0, 0.1) is 0 Å². The Morgan fingerprint density at radius 1 is 0.588 bits per heavy atom. The summed E-state index contributed by atoms with van der Waals surface area (Å²) in [6.07, 6.45) is 21.9. The molecule has 0 aliphatic heterocycles.